The van der Waals surface area contributed by atoms with Crippen molar-refractivity contribution in [3.63, 3.8) is 0 Å². The Labute approximate surface area is 114 Å². The summed E-state index contributed by atoms with van der Waals surface area (Å²) in [5.41, 5.74) is 0.731. The third-order valence-corrected chi connectivity index (χ3v) is 3.89. The second-order valence-corrected chi connectivity index (χ2v) is 5.59. The van der Waals surface area contributed by atoms with Crippen LogP contribution < -0.4 is 0 Å². The molecule has 0 radical (unpaired) electrons. The standard InChI is InChI=1S/C16H21NO2/c1-12(2)14-10-16(19)17(11-14)9-8-15(18)13-6-4-3-5-7-13/h3-7,12,14H,8-11H2,1-2H3. The molecule has 1 aliphatic rings. The average molecular weight is 259 g/mol. The van der Waals surface area contributed by atoms with Crippen LogP contribution in [0.1, 0.15) is 37.0 Å². The Bertz CT molecular complexity index is 453. The van der Waals surface area contributed by atoms with E-state index in [0.29, 0.717) is 31.2 Å². The molecule has 0 spiro atoms. The van der Waals surface area contributed by atoms with Gasteiger partial charge in [-0.2, -0.15) is 0 Å². The zero-order valence-electron chi connectivity index (χ0n) is 11.6. The molecule has 1 unspecified atom stereocenters. The van der Waals surface area contributed by atoms with Gasteiger partial charge in [-0.15, -0.1) is 0 Å². The molecule has 3 nitrogen and oxygen atoms in total. The van der Waals surface area contributed by atoms with Crippen LogP contribution in [0.2, 0.25) is 0 Å². The van der Waals surface area contributed by atoms with E-state index < -0.39 is 0 Å². The minimum atomic E-state index is 0.112. The lowest BCUT2D eigenvalue weighted by Crippen LogP contribution is -2.28. The summed E-state index contributed by atoms with van der Waals surface area (Å²) < 4.78 is 0. The molecule has 1 aliphatic heterocycles. The van der Waals surface area contributed by atoms with Gasteiger partial charge in [0.2, 0.25) is 5.91 Å². The quantitative estimate of drug-likeness (QED) is 0.762. The van der Waals surface area contributed by atoms with Gasteiger partial charge in [0.05, 0.1) is 0 Å². The van der Waals surface area contributed by atoms with Gasteiger partial charge >= 0.3 is 0 Å². The van der Waals surface area contributed by atoms with Gasteiger partial charge in [-0.1, -0.05) is 44.2 Å². The predicted molar refractivity (Wildman–Crippen MR) is 74.9 cm³/mol. The van der Waals surface area contributed by atoms with Crippen LogP contribution >= 0.6 is 0 Å². The van der Waals surface area contributed by atoms with Crippen molar-refractivity contribution < 1.29 is 9.59 Å². The summed E-state index contributed by atoms with van der Waals surface area (Å²) in [4.78, 5) is 25.7. The fourth-order valence-corrected chi connectivity index (χ4v) is 2.47. The van der Waals surface area contributed by atoms with Gasteiger partial charge in [0.15, 0.2) is 5.78 Å². The first-order valence-electron chi connectivity index (χ1n) is 6.94. The van der Waals surface area contributed by atoms with E-state index >= 15 is 0 Å². The maximum absolute atomic E-state index is 12.0. The van der Waals surface area contributed by atoms with E-state index in [1.54, 1.807) is 0 Å². The molecule has 19 heavy (non-hydrogen) atoms. The number of ketones is 1. The van der Waals surface area contributed by atoms with Crippen LogP contribution in [0.25, 0.3) is 0 Å². The average Bonchev–Trinajstić information content (AvgIpc) is 2.79. The van der Waals surface area contributed by atoms with Crippen LogP contribution in [-0.4, -0.2) is 29.7 Å². The second-order valence-electron chi connectivity index (χ2n) is 5.59. The summed E-state index contributed by atoms with van der Waals surface area (Å²) >= 11 is 0. The van der Waals surface area contributed by atoms with Crippen molar-refractivity contribution >= 4 is 11.7 Å². The van der Waals surface area contributed by atoms with E-state index in [2.05, 4.69) is 13.8 Å². The number of likely N-dealkylation sites (tertiary alicyclic amines) is 1. The van der Waals surface area contributed by atoms with Crippen LogP contribution in [0, 0.1) is 11.8 Å². The van der Waals surface area contributed by atoms with Crippen molar-refractivity contribution in [1.29, 1.82) is 0 Å². The van der Waals surface area contributed by atoms with Gasteiger partial charge in [-0.3, -0.25) is 9.59 Å². The maximum Gasteiger partial charge on any atom is 0.222 e. The highest BCUT2D eigenvalue weighted by Gasteiger charge is 2.31. The fraction of sp³-hybridized carbons (Fsp3) is 0.500. The van der Waals surface area contributed by atoms with E-state index in [1.807, 2.05) is 35.2 Å². The van der Waals surface area contributed by atoms with Gasteiger partial charge < -0.3 is 4.90 Å². The monoisotopic (exact) mass is 259 g/mol. The third-order valence-electron chi connectivity index (χ3n) is 3.89. The maximum atomic E-state index is 12.0. The number of hydrogen-bond acceptors (Lipinski definition) is 2. The highest BCUT2D eigenvalue weighted by Crippen LogP contribution is 2.24. The molecule has 0 bridgehead atoms. The highest BCUT2D eigenvalue weighted by molar-refractivity contribution is 5.96. The molecule has 0 saturated carbocycles. The van der Waals surface area contributed by atoms with Crippen molar-refractivity contribution in [2.24, 2.45) is 11.8 Å². The molecular weight excluding hydrogens is 238 g/mol. The molecule has 0 aromatic heterocycles. The topological polar surface area (TPSA) is 37.4 Å². The molecule has 1 fully saturated rings. The Morgan fingerprint density at radius 3 is 2.58 bits per heavy atom. The Balaban J connectivity index is 1.86. The van der Waals surface area contributed by atoms with Gasteiger partial charge in [0, 0.05) is 31.5 Å². The number of hydrogen-bond donors (Lipinski definition) is 0. The lowest BCUT2D eigenvalue weighted by atomic mass is 9.95. The number of carbonyl (C=O) groups excluding carboxylic acids is 2. The van der Waals surface area contributed by atoms with Gasteiger partial charge in [0.1, 0.15) is 0 Å². The van der Waals surface area contributed by atoms with Crippen molar-refractivity contribution in [2.75, 3.05) is 13.1 Å². The Morgan fingerprint density at radius 2 is 2.00 bits per heavy atom. The Kier molecular flexibility index (Phi) is 4.35. The SMILES string of the molecule is CC(C)C1CC(=O)N(CCC(=O)c2ccccc2)C1. The summed E-state index contributed by atoms with van der Waals surface area (Å²) in [6, 6.07) is 9.27. The fourth-order valence-electron chi connectivity index (χ4n) is 2.47. The smallest absolute Gasteiger partial charge is 0.222 e. The van der Waals surface area contributed by atoms with Crippen molar-refractivity contribution in [1.82, 2.24) is 4.90 Å². The predicted octanol–water partition coefficient (Wildman–Crippen LogP) is 2.76. The third kappa shape index (κ3) is 3.43. The van der Waals surface area contributed by atoms with E-state index in [1.165, 1.54) is 0 Å². The number of amides is 1. The first-order valence-corrected chi connectivity index (χ1v) is 6.94. The van der Waals surface area contributed by atoms with Crippen LogP contribution in [-0.2, 0) is 4.79 Å². The molecule has 3 heteroatoms. The van der Waals surface area contributed by atoms with Crippen molar-refractivity contribution in [2.45, 2.75) is 26.7 Å². The molecule has 1 aromatic carbocycles. The minimum Gasteiger partial charge on any atom is -0.342 e. The highest BCUT2D eigenvalue weighted by atomic mass is 16.2. The van der Waals surface area contributed by atoms with Crippen LogP contribution in [0.4, 0.5) is 0 Å². The van der Waals surface area contributed by atoms with Crippen molar-refractivity contribution in [3.05, 3.63) is 35.9 Å². The van der Waals surface area contributed by atoms with Gasteiger partial charge in [-0.25, -0.2) is 0 Å². The zero-order chi connectivity index (χ0) is 13.8. The molecule has 0 aliphatic carbocycles. The molecule has 102 valence electrons. The molecule has 1 atom stereocenters. The van der Waals surface area contributed by atoms with E-state index in [0.717, 1.165) is 12.1 Å². The summed E-state index contributed by atoms with van der Waals surface area (Å²) in [6.45, 7) is 5.65. The lowest BCUT2D eigenvalue weighted by Gasteiger charge is -2.17. The molecular formula is C16H21NO2. The van der Waals surface area contributed by atoms with E-state index in [4.69, 9.17) is 0 Å². The van der Waals surface area contributed by atoms with Gasteiger partial charge in [-0.05, 0) is 11.8 Å². The molecule has 1 amide bonds. The molecule has 2 rings (SSSR count). The van der Waals surface area contributed by atoms with Crippen LogP contribution in [0.3, 0.4) is 0 Å². The van der Waals surface area contributed by atoms with Crippen LogP contribution in [0.15, 0.2) is 30.3 Å². The minimum absolute atomic E-state index is 0.112. The summed E-state index contributed by atoms with van der Waals surface area (Å²) in [5, 5.41) is 0. The summed E-state index contributed by atoms with van der Waals surface area (Å²) in [7, 11) is 0. The van der Waals surface area contributed by atoms with Crippen molar-refractivity contribution in [3.8, 4) is 0 Å². The number of benzene rings is 1. The Morgan fingerprint density at radius 1 is 1.32 bits per heavy atom. The lowest BCUT2D eigenvalue weighted by molar-refractivity contribution is -0.127. The van der Waals surface area contributed by atoms with E-state index in [-0.39, 0.29) is 11.7 Å². The normalized spacial score (nSPS) is 19.2. The summed E-state index contributed by atoms with van der Waals surface area (Å²) in [5.74, 6) is 1.28. The zero-order valence-corrected chi connectivity index (χ0v) is 11.6. The van der Waals surface area contributed by atoms with Crippen LogP contribution in [0.5, 0.6) is 0 Å². The second kappa shape index (κ2) is 6.00. The molecule has 1 heterocycles. The molecule has 0 N–H and O–H groups in total. The first-order chi connectivity index (χ1) is 9.08. The number of carbonyl (C=O) groups is 2. The Hall–Kier alpha value is -1.64. The number of Topliss-reactive ketones (excluding diaryl/α,β-unsaturated/α-hetero) is 1. The molecule has 1 aromatic rings. The first kappa shape index (κ1) is 13.8. The molecule has 1 saturated heterocycles. The largest absolute Gasteiger partial charge is 0.342 e. The van der Waals surface area contributed by atoms with Gasteiger partial charge in [0.25, 0.3) is 0 Å². The van der Waals surface area contributed by atoms with E-state index in [9.17, 15) is 9.59 Å². The number of rotatable bonds is 5. The summed E-state index contributed by atoms with van der Waals surface area (Å²) in [6.07, 6.45) is 1.05. The number of nitrogens with zero attached hydrogens (tertiary/aromatic N) is 1.